The smallest absolute Gasteiger partial charge is 0.242 e. The highest BCUT2D eigenvalue weighted by atomic mass is 35.5. The molecule has 0 aromatic heterocycles. The number of hydrogen-bond donors (Lipinski definition) is 1. The number of carbonyl (C=O) groups excluding carboxylic acids is 2. The number of carbonyl (C=O) groups is 2. The zero-order chi connectivity index (χ0) is 22.1. The molecule has 4 nitrogen and oxygen atoms in total. The number of amides is 2. The molecule has 0 heterocycles. The molecule has 162 valence electrons. The largest absolute Gasteiger partial charge is 0.354 e. The highest BCUT2D eigenvalue weighted by molar-refractivity contribution is 6.31. The van der Waals surface area contributed by atoms with E-state index in [4.69, 9.17) is 23.2 Å². The Bertz CT molecular complexity index is 837. The summed E-state index contributed by atoms with van der Waals surface area (Å²) in [5.74, 6) is 0.148. The first-order valence-electron chi connectivity index (χ1n) is 10.4. The van der Waals surface area contributed by atoms with Crippen molar-refractivity contribution in [2.75, 3.05) is 6.54 Å². The van der Waals surface area contributed by atoms with Crippen molar-refractivity contribution in [2.45, 2.75) is 52.6 Å². The van der Waals surface area contributed by atoms with E-state index in [1.807, 2.05) is 57.2 Å². The lowest BCUT2D eigenvalue weighted by Crippen LogP contribution is -2.49. The zero-order valence-electron chi connectivity index (χ0n) is 17.8. The van der Waals surface area contributed by atoms with Crippen LogP contribution in [0.5, 0.6) is 0 Å². The third kappa shape index (κ3) is 7.33. The maximum Gasteiger partial charge on any atom is 0.242 e. The van der Waals surface area contributed by atoms with Crippen LogP contribution in [-0.4, -0.2) is 29.3 Å². The van der Waals surface area contributed by atoms with E-state index in [-0.39, 0.29) is 18.2 Å². The van der Waals surface area contributed by atoms with E-state index in [1.54, 1.807) is 17.0 Å². The molecule has 6 heteroatoms. The summed E-state index contributed by atoms with van der Waals surface area (Å²) in [4.78, 5) is 27.7. The summed E-state index contributed by atoms with van der Waals surface area (Å²) >= 11 is 12.2. The fraction of sp³-hybridized carbons (Fsp3) is 0.417. The lowest BCUT2D eigenvalue weighted by molar-refractivity contribution is -0.141. The van der Waals surface area contributed by atoms with E-state index < -0.39 is 6.04 Å². The molecule has 2 rings (SSSR count). The predicted octanol–water partition coefficient (Wildman–Crippen LogP) is 5.51. The average Bonchev–Trinajstić information content (AvgIpc) is 2.72. The second kappa shape index (κ2) is 12.0. The van der Waals surface area contributed by atoms with Crippen LogP contribution in [0.4, 0.5) is 0 Å². The molecule has 0 unspecified atom stereocenters. The van der Waals surface area contributed by atoms with Gasteiger partial charge in [-0.2, -0.15) is 0 Å². The molecule has 0 saturated carbocycles. The molecule has 0 aliphatic heterocycles. The van der Waals surface area contributed by atoms with Crippen molar-refractivity contribution < 1.29 is 9.59 Å². The van der Waals surface area contributed by atoms with Crippen LogP contribution < -0.4 is 5.32 Å². The number of aryl methyl sites for hydroxylation is 1. The van der Waals surface area contributed by atoms with Crippen molar-refractivity contribution in [2.24, 2.45) is 5.92 Å². The SMILES string of the molecule is CC[C@@H](C(=O)NCC(C)C)N(Cc1ccc(Cl)cc1)C(=O)CCc1ccccc1Cl. The number of nitrogens with zero attached hydrogens (tertiary/aromatic N) is 1. The van der Waals surface area contributed by atoms with Gasteiger partial charge in [0.15, 0.2) is 0 Å². The van der Waals surface area contributed by atoms with E-state index in [2.05, 4.69) is 5.32 Å². The van der Waals surface area contributed by atoms with Gasteiger partial charge < -0.3 is 10.2 Å². The Hall–Kier alpha value is -2.04. The predicted molar refractivity (Wildman–Crippen MR) is 124 cm³/mol. The molecule has 0 spiro atoms. The second-order valence-corrected chi connectivity index (χ2v) is 8.65. The van der Waals surface area contributed by atoms with Crippen LogP contribution in [0.15, 0.2) is 48.5 Å². The van der Waals surface area contributed by atoms with Gasteiger partial charge in [-0.05, 0) is 48.1 Å². The highest BCUT2D eigenvalue weighted by Gasteiger charge is 2.28. The van der Waals surface area contributed by atoms with E-state index in [1.165, 1.54) is 0 Å². The first-order valence-corrected chi connectivity index (χ1v) is 11.1. The van der Waals surface area contributed by atoms with E-state index in [0.717, 1.165) is 11.1 Å². The van der Waals surface area contributed by atoms with Crippen LogP contribution in [-0.2, 0) is 22.6 Å². The van der Waals surface area contributed by atoms with Crippen LogP contribution in [0.3, 0.4) is 0 Å². The molecule has 0 fully saturated rings. The number of benzene rings is 2. The van der Waals surface area contributed by atoms with E-state index in [9.17, 15) is 9.59 Å². The minimum Gasteiger partial charge on any atom is -0.354 e. The minimum absolute atomic E-state index is 0.0728. The molecule has 0 radical (unpaired) electrons. The molecule has 2 amide bonds. The average molecular weight is 449 g/mol. The molecular weight excluding hydrogens is 419 g/mol. The summed E-state index contributed by atoms with van der Waals surface area (Å²) in [6.07, 6.45) is 1.35. The Morgan fingerprint density at radius 2 is 1.70 bits per heavy atom. The van der Waals surface area contributed by atoms with Gasteiger partial charge >= 0.3 is 0 Å². The van der Waals surface area contributed by atoms with Gasteiger partial charge in [0, 0.05) is 29.6 Å². The van der Waals surface area contributed by atoms with E-state index in [0.29, 0.717) is 41.9 Å². The Morgan fingerprint density at radius 3 is 2.30 bits per heavy atom. The van der Waals surface area contributed by atoms with Crippen molar-refractivity contribution in [1.29, 1.82) is 0 Å². The summed E-state index contributed by atoms with van der Waals surface area (Å²) < 4.78 is 0. The van der Waals surface area contributed by atoms with E-state index >= 15 is 0 Å². The molecule has 0 saturated heterocycles. The van der Waals surface area contributed by atoms with Gasteiger partial charge in [0.1, 0.15) is 6.04 Å². The molecular formula is C24H30Cl2N2O2. The molecule has 0 aliphatic carbocycles. The summed E-state index contributed by atoms with van der Waals surface area (Å²) in [5, 5.41) is 4.26. The normalized spacial score (nSPS) is 11.9. The summed E-state index contributed by atoms with van der Waals surface area (Å²) in [5.41, 5.74) is 1.86. The van der Waals surface area contributed by atoms with Crippen LogP contribution in [0.2, 0.25) is 10.0 Å². The van der Waals surface area contributed by atoms with Crippen molar-refractivity contribution in [3.63, 3.8) is 0 Å². The summed E-state index contributed by atoms with van der Waals surface area (Å²) in [6, 6.07) is 14.3. The second-order valence-electron chi connectivity index (χ2n) is 7.80. The standard InChI is InChI=1S/C24H30Cl2N2O2/c1-4-22(24(30)27-15-17(2)3)28(16-18-9-12-20(25)13-10-18)23(29)14-11-19-7-5-6-8-21(19)26/h5-10,12-13,17,22H,4,11,14-16H2,1-3H3,(H,27,30)/t22-/m0/s1. The van der Waals surface area contributed by atoms with Gasteiger partial charge in [0.2, 0.25) is 11.8 Å². The van der Waals surface area contributed by atoms with Crippen LogP contribution in [0, 0.1) is 5.92 Å². The summed E-state index contributed by atoms with van der Waals surface area (Å²) in [6.45, 7) is 6.95. The van der Waals surface area contributed by atoms with Gasteiger partial charge in [-0.3, -0.25) is 9.59 Å². The van der Waals surface area contributed by atoms with Crippen molar-refractivity contribution in [3.05, 3.63) is 69.7 Å². The molecule has 0 aliphatic rings. The van der Waals surface area contributed by atoms with Gasteiger partial charge in [0.25, 0.3) is 0 Å². The maximum atomic E-state index is 13.2. The Morgan fingerprint density at radius 1 is 1.03 bits per heavy atom. The number of halogens is 2. The molecule has 2 aromatic rings. The van der Waals surface area contributed by atoms with Gasteiger partial charge in [-0.15, -0.1) is 0 Å². The van der Waals surface area contributed by atoms with Crippen LogP contribution >= 0.6 is 23.2 Å². The molecule has 1 atom stereocenters. The van der Waals surface area contributed by atoms with Gasteiger partial charge in [0.05, 0.1) is 0 Å². The van der Waals surface area contributed by atoms with Crippen LogP contribution in [0.1, 0.15) is 44.7 Å². The molecule has 0 bridgehead atoms. The fourth-order valence-electron chi connectivity index (χ4n) is 3.21. The first kappa shape index (κ1) is 24.2. The Labute approximate surface area is 189 Å². The van der Waals surface area contributed by atoms with Crippen molar-refractivity contribution in [3.8, 4) is 0 Å². The number of rotatable bonds is 10. The zero-order valence-corrected chi connectivity index (χ0v) is 19.3. The molecule has 30 heavy (non-hydrogen) atoms. The number of nitrogens with one attached hydrogen (secondary N) is 1. The van der Waals surface area contributed by atoms with Crippen LogP contribution in [0.25, 0.3) is 0 Å². The van der Waals surface area contributed by atoms with Gasteiger partial charge in [-0.25, -0.2) is 0 Å². The first-order chi connectivity index (χ1) is 14.3. The quantitative estimate of drug-likeness (QED) is 0.520. The third-order valence-electron chi connectivity index (χ3n) is 4.90. The Balaban J connectivity index is 2.19. The monoisotopic (exact) mass is 448 g/mol. The number of hydrogen-bond acceptors (Lipinski definition) is 2. The highest BCUT2D eigenvalue weighted by Crippen LogP contribution is 2.20. The lowest BCUT2D eigenvalue weighted by atomic mass is 10.1. The topological polar surface area (TPSA) is 49.4 Å². The molecule has 2 aromatic carbocycles. The third-order valence-corrected chi connectivity index (χ3v) is 5.52. The van der Waals surface area contributed by atoms with Gasteiger partial charge in [-0.1, -0.05) is 74.3 Å². The van der Waals surface area contributed by atoms with Crippen molar-refractivity contribution >= 4 is 35.0 Å². The van der Waals surface area contributed by atoms with Crippen molar-refractivity contribution in [1.82, 2.24) is 10.2 Å². The lowest BCUT2D eigenvalue weighted by Gasteiger charge is -2.31. The maximum absolute atomic E-state index is 13.2. The minimum atomic E-state index is -0.529. The summed E-state index contributed by atoms with van der Waals surface area (Å²) in [7, 11) is 0. The fourth-order valence-corrected chi connectivity index (χ4v) is 3.57. The Kier molecular flexibility index (Phi) is 9.67. The molecule has 1 N–H and O–H groups in total.